The Kier molecular flexibility index (Phi) is 4.14. The van der Waals surface area contributed by atoms with Gasteiger partial charge in [0.25, 0.3) is 0 Å². The highest BCUT2D eigenvalue weighted by Gasteiger charge is 2.44. The first-order valence-corrected chi connectivity index (χ1v) is 8.85. The lowest BCUT2D eigenvalue weighted by molar-refractivity contribution is 0.401. The Hall–Kier alpha value is -1.19. The standard InChI is InChI=1S/C18H24N2S/c1-3-20(18(13-19)11-12-21-14(18)2)17-10-6-8-15-7-4-5-9-16(15)17/h4-10,14H,3,11-13,19H2,1-2H3. The summed E-state index contributed by atoms with van der Waals surface area (Å²) in [6.45, 7) is 6.29. The van der Waals surface area contributed by atoms with Crippen molar-refractivity contribution in [3.05, 3.63) is 42.5 Å². The van der Waals surface area contributed by atoms with Gasteiger partial charge in [-0.15, -0.1) is 0 Å². The smallest absolute Gasteiger partial charge is 0.0647 e. The molecule has 1 heterocycles. The van der Waals surface area contributed by atoms with E-state index < -0.39 is 0 Å². The lowest BCUT2D eigenvalue weighted by Crippen LogP contribution is -2.58. The van der Waals surface area contributed by atoms with E-state index in [0.717, 1.165) is 13.1 Å². The van der Waals surface area contributed by atoms with Crippen LogP contribution in [0.2, 0.25) is 0 Å². The minimum absolute atomic E-state index is 0.0868. The summed E-state index contributed by atoms with van der Waals surface area (Å²) in [6, 6.07) is 15.3. The first kappa shape index (κ1) is 14.7. The van der Waals surface area contributed by atoms with Crippen molar-refractivity contribution in [2.75, 3.05) is 23.7 Å². The first-order valence-electron chi connectivity index (χ1n) is 7.80. The van der Waals surface area contributed by atoms with Crippen molar-refractivity contribution in [2.45, 2.75) is 31.1 Å². The zero-order chi connectivity index (χ0) is 14.9. The number of thioether (sulfide) groups is 1. The van der Waals surface area contributed by atoms with Gasteiger partial charge >= 0.3 is 0 Å². The van der Waals surface area contributed by atoms with E-state index in [1.54, 1.807) is 0 Å². The number of anilines is 1. The highest BCUT2D eigenvalue weighted by Crippen LogP contribution is 2.43. The Morgan fingerprint density at radius 2 is 2.00 bits per heavy atom. The van der Waals surface area contributed by atoms with E-state index in [2.05, 4.69) is 73.0 Å². The number of rotatable bonds is 4. The summed E-state index contributed by atoms with van der Waals surface area (Å²) in [4.78, 5) is 2.56. The molecule has 21 heavy (non-hydrogen) atoms. The molecule has 112 valence electrons. The third-order valence-corrected chi connectivity index (χ3v) is 6.30. The monoisotopic (exact) mass is 300 g/mol. The molecule has 2 aromatic carbocycles. The molecule has 1 aliphatic rings. The second-order valence-corrected chi connectivity index (χ2v) is 7.26. The van der Waals surface area contributed by atoms with Crippen LogP contribution in [0.1, 0.15) is 20.3 Å². The van der Waals surface area contributed by atoms with Crippen molar-refractivity contribution in [1.29, 1.82) is 0 Å². The predicted octanol–water partition coefficient (Wildman–Crippen LogP) is 3.89. The number of benzene rings is 2. The summed E-state index contributed by atoms with van der Waals surface area (Å²) in [6.07, 6.45) is 1.17. The molecule has 0 spiro atoms. The van der Waals surface area contributed by atoms with Gasteiger partial charge in [-0.3, -0.25) is 0 Å². The molecule has 0 radical (unpaired) electrons. The molecule has 0 amide bonds. The van der Waals surface area contributed by atoms with Crippen LogP contribution >= 0.6 is 11.8 Å². The first-order chi connectivity index (χ1) is 10.2. The van der Waals surface area contributed by atoms with Gasteiger partial charge in [0.15, 0.2) is 0 Å². The van der Waals surface area contributed by atoms with Gasteiger partial charge in [0, 0.05) is 29.4 Å². The second-order valence-electron chi connectivity index (χ2n) is 5.81. The fraction of sp³-hybridized carbons (Fsp3) is 0.444. The van der Waals surface area contributed by atoms with Crippen LogP contribution < -0.4 is 10.6 Å². The quantitative estimate of drug-likeness (QED) is 0.929. The Balaban J connectivity index is 2.14. The van der Waals surface area contributed by atoms with Gasteiger partial charge in [-0.2, -0.15) is 11.8 Å². The number of hydrogen-bond donors (Lipinski definition) is 1. The van der Waals surface area contributed by atoms with Crippen LogP contribution in [0.25, 0.3) is 10.8 Å². The van der Waals surface area contributed by atoms with Crippen LogP contribution in [0.5, 0.6) is 0 Å². The van der Waals surface area contributed by atoms with Crippen LogP contribution in [0.3, 0.4) is 0 Å². The van der Waals surface area contributed by atoms with Gasteiger partial charge in [0.1, 0.15) is 0 Å². The molecule has 1 saturated heterocycles. The third kappa shape index (κ3) is 2.33. The van der Waals surface area contributed by atoms with E-state index in [4.69, 9.17) is 5.73 Å². The minimum atomic E-state index is 0.0868. The summed E-state index contributed by atoms with van der Waals surface area (Å²) in [5.74, 6) is 1.21. The molecule has 3 heteroatoms. The number of hydrogen-bond acceptors (Lipinski definition) is 3. The summed E-state index contributed by atoms with van der Waals surface area (Å²) >= 11 is 2.05. The lowest BCUT2D eigenvalue weighted by atomic mass is 9.89. The van der Waals surface area contributed by atoms with Crippen LogP contribution in [-0.4, -0.2) is 29.6 Å². The summed E-state index contributed by atoms with van der Waals surface area (Å²) in [5, 5.41) is 3.21. The summed E-state index contributed by atoms with van der Waals surface area (Å²) in [7, 11) is 0. The normalized spacial score (nSPS) is 25.4. The van der Waals surface area contributed by atoms with Gasteiger partial charge in [-0.25, -0.2) is 0 Å². The van der Waals surface area contributed by atoms with Crippen LogP contribution in [0, 0.1) is 0 Å². The van der Waals surface area contributed by atoms with Crippen LogP contribution in [-0.2, 0) is 0 Å². The molecular formula is C18H24N2S. The predicted molar refractivity (Wildman–Crippen MR) is 95.3 cm³/mol. The Morgan fingerprint density at radius 3 is 2.67 bits per heavy atom. The topological polar surface area (TPSA) is 29.3 Å². The zero-order valence-corrected chi connectivity index (χ0v) is 13.7. The average Bonchev–Trinajstić information content (AvgIpc) is 2.90. The van der Waals surface area contributed by atoms with Crippen molar-refractivity contribution in [3.63, 3.8) is 0 Å². The Morgan fingerprint density at radius 1 is 1.24 bits per heavy atom. The molecule has 2 N–H and O–H groups in total. The maximum atomic E-state index is 6.26. The van der Waals surface area contributed by atoms with Gasteiger partial charge in [0.05, 0.1) is 5.54 Å². The molecule has 0 bridgehead atoms. The zero-order valence-electron chi connectivity index (χ0n) is 12.9. The van der Waals surface area contributed by atoms with Crippen LogP contribution in [0.4, 0.5) is 5.69 Å². The SMILES string of the molecule is CCN(c1cccc2ccccc12)C1(CN)CCSC1C. The van der Waals surface area contributed by atoms with Crippen molar-refractivity contribution < 1.29 is 0 Å². The number of fused-ring (bicyclic) bond motifs is 1. The van der Waals surface area contributed by atoms with Crippen LogP contribution in [0.15, 0.2) is 42.5 Å². The second kappa shape index (κ2) is 5.90. The highest BCUT2D eigenvalue weighted by atomic mass is 32.2. The summed E-state index contributed by atoms with van der Waals surface area (Å²) in [5.41, 5.74) is 7.68. The maximum Gasteiger partial charge on any atom is 0.0647 e. The van der Waals surface area contributed by atoms with Crippen molar-refractivity contribution in [1.82, 2.24) is 0 Å². The van der Waals surface area contributed by atoms with E-state index in [9.17, 15) is 0 Å². The fourth-order valence-electron chi connectivity index (χ4n) is 3.67. The molecule has 0 saturated carbocycles. The number of nitrogens with zero attached hydrogens (tertiary/aromatic N) is 1. The Bertz CT molecular complexity index is 622. The van der Waals surface area contributed by atoms with E-state index >= 15 is 0 Å². The van der Waals surface area contributed by atoms with Gasteiger partial charge in [-0.1, -0.05) is 43.3 Å². The minimum Gasteiger partial charge on any atom is -0.363 e. The van der Waals surface area contributed by atoms with E-state index in [-0.39, 0.29) is 5.54 Å². The average molecular weight is 300 g/mol. The molecular weight excluding hydrogens is 276 g/mol. The molecule has 2 aromatic rings. The maximum absolute atomic E-state index is 6.26. The molecule has 3 rings (SSSR count). The summed E-state index contributed by atoms with van der Waals surface area (Å²) < 4.78 is 0. The Labute approximate surface area is 131 Å². The molecule has 1 fully saturated rings. The largest absolute Gasteiger partial charge is 0.363 e. The molecule has 2 atom stereocenters. The van der Waals surface area contributed by atoms with Crippen molar-refractivity contribution in [2.24, 2.45) is 5.73 Å². The molecule has 0 aliphatic carbocycles. The fourth-order valence-corrected chi connectivity index (χ4v) is 5.15. The highest BCUT2D eigenvalue weighted by molar-refractivity contribution is 8.00. The van der Waals surface area contributed by atoms with Crippen molar-refractivity contribution >= 4 is 28.2 Å². The lowest BCUT2D eigenvalue weighted by Gasteiger charge is -2.45. The number of likely N-dealkylation sites (N-methyl/N-ethyl adjacent to an activating group) is 1. The molecule has 2 nitrogen and oxygen atoms in total. The van der Waals surface area contributed by atoms with E-state index in [1.165, 1.54) is 28.6 Å². The van der Waals surface area contributed by atoms with Gasteiger partial charge in [-0.05, 0) is 30.6 Å². The van der Waals surface area contributed by atoms with E-state index in [1.807, 2.05) is 0 Å². The van der Waals surface area contributed by atoms with Crippen molar-refractivity contribution in [3.8, 4) is 0 Å². The third-order valence-electron chi connectivity index (χ3n) is 4.92. The van der Waals surface area contributed by atoms with Gasteiger partial charge < -0.3 is 10.6 Å². The van der Waals surface area contributed by atoms with Gasteiger partial charge in [0.2, 0.25) is 0 Å². The van der Waals surface area contributed by atoms with E-state index in [0.29, 0.717) is 5.25 Å². The molecule has 1 aliphatic heterocycles. The molecule has 2 unspecified atom stereocenters. The molecule has 0 aromatic heterocycles. The number of nitrogens with two attached hydrogens (primary N) is 1.